The van der Waals surface area contributed by atoms with Crippen molar-refractivity contribution in [2.45, 2.75) is 18.7 Å². The van der Waals surface area contributed by atoms with E-state index in [2.05, 4.69) is 9.71 Å². The van der Waals surface area contributed by atoms with Gasteiger partial charge in [-0.2, -0.15) is 8.42 Å². The van der Waals surface area contributed by atoms with E-state index in [0.717, 1.165) is 11.1 Å². The molecule has 0 bridgehead atoms. The van der Waals surface area contributed by atoms with E-state index in [9.17, 15) is 13.2 Å². The molecule has 0 fully saturated rings. The number of rotatable bonds is 3. The van der Waals surface area contributed by atoms with Crippen LogP contribution in [0, 0.1) is 13.8 Å². The van der Waals surface area contributed by atoms with Gasteiger partial charge in [0, 0.05) is 18.3 Å². The number of nitrogens with zero attached hydrogens (tertiary/aromatic N) is 2. The van der Waals surface area contributed by atoms with Crippen molar-refractivity contribution < 1.29 is 13.2 Å². The quantitative estimate of drug-likeness (QED) is 0.914. The van der Waals surface area contributed by atoms with Crippen LogP contribution in [0.4, 0.5) is 5.69 Å². The van der Waals surface area contributed by atoms with Crippen molar-refractivity contribution in [1.29, 1.82) is 0 Å². The maximum Gasteiger partial charge on any atom is 0.285 e. The SMILES string of the molecule is Cc1ccc(NC(=O)CN(C)C2=NS(=O)(=O)c3ccccc32)cc1C. The number of carbonyl (C=O) groups is 1. The third kappa shape index (κ3) is 3.41. The molecular formula is C18H19N3O3S. The predicted molar refractivity (Wildman–Crippen MR) is 97.3 cm³/mol. The van der Waals surface area contributed by atoms with E-state index < -0.39 is 10.0 Å². The molecule has 1 N–H and O–H groups in total. The van der Waals surface area contributed by atoms with Crippen LogP contribution in [0.1, 0.15) is 16.7 Å². The van der Waals surface area contributed by atoms with Crippen LogP contribution in [0.2, 0.25) is 0 Å². The van der Waals surface area contributed by atoms with Crippen LogP contribution in [0.25, 0.3) is 0 Å². The first-order valence-corrected chi connectivity index (χ1v) is 9.24. The van der Waals surface area contributed by atoms with E-state index >= 15 is 0 Å². The molecule has 0 unspecified atom stereocenters. The van der Waals surface area contributed by atoms with Crippen LogP contribution in [0.5, 0.6) is 0 Å². The van der Waals surface area contributed by atoms with Gasteiger partial charge in [0.1, 0.15) is 4.90 Å². The fourth-order valence-electron chi connectivity index (χ4n) is 2.67. The summed E-state index contributed by atoms with van der Waals surface area (Å²) in [4.78, 5) is 14.0. The standard InChI is InChI=1S/C18H19N3O3S/c1-12-8-9-14(10-13(12)2)19-17(22)11-21(3)18-15-6-4-5-7-16(15)25(23,24)20-18/h4-10H,11H2,1-3H3,(H,19,22). The predicted octanol–water partition coefficient (Wildman–Crippen LogP) is 2.32. The van der Waals surface area contributed by atoms with E-state index in [1.54, 1.807) is 30.1 Å². The molecule has 7 heteroatoms. The second-order valence-electron chi connectivity index (χ2n) is 6.09. The van der Waals surface area contributed by atoms with E-state index in [1.807, 2.05) is 32.0 Å². The number of likely N-dealkylation sites (N-methyl/N-ethyl adjacent to an activating group) is 1. The lowest BCUT2D eigenvalue weighted by Crippen LogP contribution is -2.34. The number of benzene rings is 2. The Hall–Kier alpha value is -2.67. The smallest absolute Gasteiger partial charge is 0.285 e. The summed E-state index contributed by atoms with van der Waals surface area (Å²) in [7, 11) is -2.04. The first kappa shape index (κ1) is 17.2. The van der Waals surface area contributed by atoms with E-state index in [4.69, 9.17) is 0 Å². The average molecular weight is 357 g/mol. The minimum Gasteiger partial charge on any atom is -0.349 e. The molecule has 2 aromatic rings. The van der Waals surface area contributed by atoms with Crippen molar-refractivity contribution in [3.63, 3.8) is 0 Å². The average Bonchev–Trinajstić information content (AvgIpc) is 2.83. The van der Waals surface area contributed by atoms with Crippen LogP contribution in [0.15, 0.2) is 51.8 Å². The molecular weight excluding hydrogens is 338 g/mol. The number of amidine groups is 1. The Morgan fingerprint density at radius 1 is 1.12 bits per heavy atom. The van der Waals surface area contributed by atoms with Crippen molar-refractivity contribution in [2.24, 2.45) is 4.40 Å². The maximum absolute atomic E-state index is 12.3. The summed E-state index contributed by atoms with van der Waals surface area (Å²) in [5, 5.41) is 2.82. The summed E-state index contributed by atoms with van der Waals surface area (Å²) in [5.74, 6) is 0.0427. The van der Waals surface area contributed by atoms with Gasteiger partial charge >= 0.3 is 0 Å². The van der Waals surface area contributed by atoms with Gasteiger partial charge in [0.25, 0.3) is 10.0 Å². The van der Waals surface area contributed by atoms with Gasteiger partial charge in [0.15, 0.2) is 5.84 Å². The number of fused-ring (bicyclic) bond motifs is 1. The van der Waals surface area contributed by atoms with Crippen LogP contribution in [-0.4, -0.2) is 38.7 Å². The summed E-state index contributed by atoms with van der Waals surface area (Å²) < 4.78 is 28.0. The summed E-state index contributed by atoms with van der Waals surface area (Å²) >= 11 is 0. The highest BCUT2D eigenvalue weighted by Gasteiger charge is 2.30. The fraction of sp³-hybridized carbons (Fsp3) is 0.222. The van der Waals surface area contributed by atoms with E-state index in [1.165, 1.54) is 6.07 Å². The van der Waals surface area contributed by atoms with Gasteiger partial charge in [0.05, 0.1) is 6.54 Å². The zero-order chi connectivity index (χ0) is 18.2. The van der Waals surface area contributed by atoms with Gasteiger partial charge in [-0.05, 0) is 49.2 Å². The number of hydrogen-bond donors (Lipinski definition) is 1. The van der Waals surface area contributed by atoms with Crippen molar-refractivity contribution >= 4 is 27.5 Å². The third-order valence-electron chi connectivity index (χ3n) is 4.15. The number of anilines is 1. The van der Waals surface area contributed by atoms with E-state index in [-0.39, 0.29) is 23.2 Å². The van der Waals surface area contributed by atoms with Crippen LogP contribution in [-0.2, 0) is 14.8 Å². The number of aryl methyl sites for hydroxylation is 2. The Kier molecular flexibility index (Phi) is 4.34. The Balaban J connectivity index is 1.75. The van der Waals surface area contributed by atoms with Crippen LogP contribution >= 0.6 is 0 Å². The maximum atomic E-state index is 12.3. The summed E-state index contributed by atoms with van der Waals surface area (Å²) in [6.45, 7) is 3.98. The molecule has 130 valence electrons. The van der Waals surface area contributed by atoms with Crippen molar-refractivity contribution in [3.8, 4) is 0 Å². The van der Waals surface area contributed by atoms with Gasteiger partial charge < -0.3 is 10.2 Å². The molecule has 0 aromatic heterocycles. The number of amides is 1. The van der Waals surface area contributed by atoms with Gasteiger partial charge in [-0.3, -0.25) is 4.79 Å². The van der Waals surface area contributed by atoms with Crippen LogP contribution < -0.4 is 5.32 Å². The van der Waals surface area contributed by atoms with Gasteiger partial charge in [-0.15, -0.1) is 4.40 Å². The Morgan fingerprint density at radius 2 is 1.84 bits per heavy atom. The second kappa shape index (κ2) is 6.33. The number of carbonyl (C=O) groups excluding carboxylic acids is 1. The largest absolute Gasteiger partial charge is 0.349 e. The zero-order valence-electron chi connectivity index (χ0n) is 14.3. The van der Waals surface area contributed by atoms with Gasteiger partial charge in [-0.1, -0.05) is 18.2 Å². The highest BCUT2D eigenvalue weighted by molar-refractivity contribution is 7.90. The topological polar surface area (TPSA) is 78.8 Å². The minimum absolute atomic E-state index is 0.00435. The lowest BCUT2D eigenvalue weighted by atomic mass is 10.1. The fourth-order valence-corrected chi connectivity index (χ4v) is 3.93. The molecule has 0 saturated carbocycles. The summed E-state index contributed by atoms with van der Waals surface area (Å²) in [6.07, 6.45) is 0. The zero-order valence-corrected chi connectivity index (χ0v) is 15.1. The molecule has 0 radical (unpaired) electrons. The van der Waals surface area contributed by atoms with E-state index in [0.29, 0.717) is 11.3 Å². The molecule has 1 aliphatic rings. The Morgan fingerprint density at radius 3 is 2.56 bits per heavy atom. The Bertz CT molecular complexity index is 981. The summed E-state index contributed by atoms with van der Waals surface area (Å²) in [5.41, 5.74) is 3.47. The molecule has 0 saturated heterocycles. The molecule has 1 aliphatic heterocycles. The second-order valence-corrected chi connectivity index (χ2v) is 7.66. The first-order chi connectivity index (χ1) is 11.8. The van der Waals surface area contributed by atoms with Crippen molar-refractivity contribution in [1.82, 2.24) is 4.90 Å². The summed E-state index contributed by atoms with van der Waals surface area (Å²) in [6, 6.07) is 12.3. The molecule has 2 aromatic carbocycles. The molecule has 3 rings (SSSR count). The number of sulfonamides is 1. The lowest BCUT2D eigenvalue weighted by molar-refractivity contribution is -0.116. The molecule has 1 amide bonds. The van der Waals surface area contributed by atoms with Gasteiger partial charge in [-0.25, -0.2) is 0 Å². The molecule has 0 spiro atoms. The highest BCUT2D eigenvalue weighted by atomic mass is 32.2. The third-order valence-corrected chi connectivity index (χ3v) is 5.47. The molecule has 0 atom stereocenters. The first-order valence-electron chi connectivity index (χ1n) is 7.80. The van der Waals surface area contributed by atoms with Crippen LogP contribution in [0.3, 0.4) is 0 Å². The van der Waals surface area contributed by atoms with Crippen molar-refractivity contribution in [3.05, 3.63) is 59.2 Å². The van der Waals surface area contributed by atoms with Gasteiger partial charge in [0.2, 0.25) is 5.91 Å². The normalized spacial score (nSPS) is 14.6. The molecule has 0 aliphatic carbocycles. The molecule has 25 heavy (non-hydrogen) atoms. The van der Waals surface area contributed by atoms with Crippen molar-refractivity contribution in [2.75, 3.05) is 18.9 Å². The Labute approximate surface area is 147 Å². The molecule has 6 nitrogen and oxygen atoms in total. The monoisotopic (exact) mass is 357 g/mol. The number of hydrogen-bond acceptors (Lipinski definition) is 4. The highest BCUT2D eigenvalue weighted by Crippen LogP contribution is 2.26. The number of nitrogens with one attached hydrogen (secondary N) is 1. The minimum atomic E-state index is -3.69. The molecule has 1 heterocycles. The lowest BCUT2D eigenvalue weighted by Gasteiger charge is -2.18.